The zero-order valence-corrected chi connectivity index (χ0v) is 19.7. The van der Waals surface area contributed by atoms with Crippen LogP contribution >= 0.6 is 0 Å². The fraction of sp³-hybridized carbons (Fsp3) is 0.500. The number of carboxylic acid groups (broad SMARTS) is 1. The van der Waals surface area contributed by atoms with E-state index in [9.17, 15) is 14.7 Å². The Bertz CT molecular complexity index is 1040. The van der Waals surface area contributed by atoms with Crippen molar-refractivity contribution in [2.45, 2.75) is 75.7 Å². The minimum atomic E-state index is -0.894. The second kappa shape index (κ2) is 9.88. The standard InChI is InChI=1S/C28H34N2O4/c31-26(29-23-9-2-3-10-23)18-24-17-21-7-1-4-11-25(21)28(34-24)12-14-30(15-13-28)19-20-6-5-8-22(16-20)27(32)33/h1,4-8,11,16,23-24H,2-3,9-10,12-15,17-19H2,(H,29,31)(H,32,33). The summed E-state index contributed by atoms with van der Waals surface area (Å²) in [5.74, 6) is -0.781. The molecular formula is C28H34N2O4. The number of likely N-dealkylation sites (tertiary alicyclic amines) is 1. The molecule has 1 saturated heterocycles. The third-order valence-corrected chi connectivity index (χ3v) is 7.73. The van der Waals surface area contributed by atoms with E-state index in [0.29, 0.717) is 18.0 Å². The maximum Gasteiger partial charge on any atom is 0.335 e. The van der Waals surface area contributed by atoms with Crippen molar-refractivity contribution in [3.8, 4) is 0 Å². The minimum absolute atomic E-state index is 0.102. The Kier molecular flexibility index (Phi) is 6.70. The Morgan fingerprint density at radius 3 is 2.59 bits per heavy atom. The van der Waals surface area contributed by atoms with Gasteiger partial charge in [-0.3, -0.25) is 9.69 Å². The van der Waals surface area contributed by atoms with Gasteiger partial charge in [-0.25, -0.2) is 4.79 Å². The fourth-order valence-corrected chi connectivity index (χ4v) is 6.01. The zero-order valence-electron chi connectivity index (χ0n) is 19.7. The molecule has 2 aromatic rings. The summed E-state index contributed by atoms with van der Waals surface area (Å²) in [7, 11) is 0. The highest BCUT2D eigenvalue weighted by Gasteiger charge is 2.44. The summed E-state index contributed by atoms with van der Waals surface area (Å²) in [4.78, 5) is 26.4. The van der Waals surface area contributed by atoms with Gasteiger partial charge in [0, 0.05) is 25.7 Å². The Balaban J connectivity index is 1.26. The van der Waals surface area contributed by atoms with Crippen molar-refractivity contribution in [2.24, 2.45) is 0 Å². The number of ether oxygens (including phenoxy) is 1. The van der Waals surface area contributed by atoms with Crippen LogP contribution in [0.1, 0.15) is 72.0 Å². The lowest BCUT2D eigenvalue weighted by Gasteiger charge is -2.47. The summed E-state index contributed by atoms with van der Waals surface area (Å²) >= 11 is 0. The van der Waals surface area contributed by atoms with Crippen molar-refractivity contribution in [1.29, 1.82) is 0 Å². The maximum atomic E-state index is 12.7. The third kappa shape index (κ3) is 5.03. The third-order valence-electron chi connectivity index (χ3n) is 7.73. The molecule has 1 amide bonds. The van der Waals surface area contributed by atoms with E-state index in [1.807, 2.05) is 12.1 Å². The maximum absolute atomic E-state index is 12.7. The summed E-state index contributed by atoms with van der Waals surface area (Å²) in [6.45, 7) is 2.46. The molecule has 6 heteroatoms. The number of fused-ring (bicyclic) bond motifs is 2. The molecule has 180 valence electrons. The number of carbonyl (C=O) groups is 2. The first-order valence-corrected chi connectivity index (χ1v) is 12.6. The van der Waals surface area contributed by atoms with Crippen molar-refractivity contribution in [2.75, 3.05) is 13.1 Å². The van der Waals surface area contributed by atoms with Crippen molar-refractivity contribution in [3.63, 3.8) is 0 Å². The number of aromatic carboxylic acids is 1. The lowest BCUT2D eigenvalue weighted by atomic mass is 9.77. The highest BCUT2D eigenvalue weighted by molar-refractivity contribution is 5.87. The van der Waals surface area contributed by atoms with E-state index in [-0.39, 0.29) is 17.6 Å². The monoisotopic (exact) mass is 462 g/mol. The van der Waals surface area contributed by atoms with E-state index >= 15 is 0 Å². The quantitative estimate of drug-likeness (QED) is 0.670. The van der Waals surface area contributed by atoms with E-state index < -0.39 is 5.97 Å². The van der Waals surface area contributed by atoms with Gasteiger partial charge in [0.25, 0.3) is 0 Å². The molecule has 2 N–H and O–H groups in total. The second-order valence-electron chi connectivity index (χ2n) is 10.1. The number of nitrogens with one attached hydrogen (secondary N) is 1. The molecule has 2 fully saturated rings. The highest BCUT2D eigenvalue weighted by Crippen LogP contribution is 2.44. The Hall–Kier alpha value is -2.70. The Labute approximate surface area is 201 Å². The molecule has 0 bridgehead atoms. The van der Waals surface area contributed by atoms with Crippen LogP contribution in [0.15, 0.2) is 48.5 Å². The van der Waals surface area contributed by atoms with Crippen LogP contribution in [-0.2, 0) is 28.1 Å². The number of piperidine rings is 1. The van der Waals surface area contributed by atoms with E-state index in [1.54, 1.807) is 12.1 Å². The largest absolute Gasteiger partial charge is 0.478 e. The van der Waals surface area contributed by atoms with Gasteiger partial charge >= 0.3 is 5.97 Å². The first-order valence-electron chi connectivity index (χ1n) is 12.6. The van der Waals surface area contributed by atoms with Crippen LogP contribution in [-0.4, -0.2) is 47.1 Å². The van der Waals surface area contributed by atoms with E-state index in [2.05, 4.69) is 34.5 Å². The molecule has 0 radical (unpaired) electrons. The molecule has 0 aromatic heterocycles. The SMILES string of the molecule is O=C(CC1Cc2ccccc2C2(CCN(Cc3cccc(C(=O)O)c3)CC2)O1)NC1CCCC1. The van der Waals surface area contributed by atoms with Gasteiger partial charge in [-0.2, -0.15) is 0 Å². The van der Waals surface area contributed by atoms with Gasteiger partial charge in [0.15, 0.2) is 0 Å². The average molecular weight is 463 g/mol. The van der Waals surface area contributed by atoms with Gasteiger partial charge in [0.1, 0.15) is 0 Å². The van der Waals surface area contributed by atoms with Crippen LogP contribution in [0.4, 0.5) is 0 Å². The van der Waals surface area contributed by atoms with Crippen molar-refractivity contribution in [3.05, 3.63) is 70.8 Å². The van der Waals surface area contributed by atoms with Gasteiger partial charge in [0.2, 0.25) is 5.91 Å². The van der Waals surface area contributed by atoms with Gasteiger partial charge in [0.05, 0.1) is 23.7 Å². The molecule has 2 aromatic carbocycles. The zero-order chi connectivity index (χ0) is 23.5. The van der Waals surface area contributed by atoms with Crippen molar-refractivity contribution in [1.82, 2.24) is 10.2 Å². The molecule has 1 aliphatic carbocycles. The predicted molar refractivity (Wildman–Crippen MR) is 130 cm³/mol. The van der Waals surface area contributed by atoms with Crippen LogP contribution in [0.2, 0.25) is 0 Å². The van der Waals surface area contributed by atoms with Crippen LogP contribution in [0, 0.1) is 0 Å². The van der Waals surface area contributed by atoms with Gasteiger partial charge in [-0.1, -0.05) is 49.2 Å². The lowest BCUT2D eigenvalue weighted by molar-refractivity contribution is -0.150. The Morgan fingerprint density at radius 2 is 1.82 bits per heavy atom. The summed E-state index contributed by atoms with van der Waals surface area (Å²) in [5, 5.41) is 12.5. The molecular weight excluding hydrogens is 428 g/mol. The first-order chi connectivity index (χ1) is 16.5. The van der Waals surface area contributed by atoms with Gasteiger partial charge in [-0.15, -0.1) is 0 Å². The molecule has 6 nitrogen and oxygen atoms in total. The smallest absolute Gasteiger partial charge is 0.335 e. The molecule has 2 aliphatic heterocycles. The number of nitrogens with zero attached hydrogens (tertiary/aromatic N) is 1. The fourth-order valence-electron chi connectivity index (χ4n) is 6.01. The summed E-state index contributed by atoms with van der Waals surface area (Å²) in [6.07, 6.45) is 7.42. The Morgan fingerprint density at radius 1 is 1.06 bits per heavy atom. The second-order valence-corrected chi connectivity index (χ2v) is 10.1. The number of carboxylic acids is 1. The molecule has 1 unspecified atom stereocenters. The van der Waals surface area contributed by atoms with E-state index in [1.165, 1.54) is 24.0 Å². The molecule has 34 heavy (non-hydrogen) atoms. The first kappa shape index (κ1) is 23.1. The van der Waals surface area contributed by atoms with Crippen LogP contribution < -0.4 is 5.32 Å². The number of rotatable bonds is 6. The van der Waals surface area contributed by atoms with Gasteiger partial charge < -0.3 is 15.2 Å². The summed E-state index contributed by atoms with van der Waals surface area (Å²) in [6, 6.07) is 16.1. The normalized spacial score (nSPS) is 22.4. The number of amides is 1. The molecule has 2 heterocycles. The lowest BCUT2D eigenvalue weighted by Crippen LogP contribution is -2.49. The predicted octanol–water partition coefficient (Wildman–Crippen LogP) is 4.27. The molecule has 3 aliphatic rings. The van der Waals surface area contributed by atoms with E-state index in [4.69, 9.17) is 4.74 Å². The average Bonchev–Trinajstić information content (AvgIpc) is 3.34. The summed E-state index contributed by atoms with van der Waals surface area (Å²) < 4.78 is 6.76. The van der Waals surface area contributed by atoms with Gasteiger partial charge in [-0.05, 0) is 60.9 Å². The topological polar surface area (TPSA) is 78.9 Å². The van der Waals surface area contributed by atoms with Crippen LogP contribution in [0.25, 0.3) is 0 Å². The van der Waals surface area contributed by atoms with Crippen LogP contribution in [0.3, 0.4) is 0 Å². The summed E-state index contributed by atoms with van der Waals surface area (Å²) in [5.41, 5.74) is 3.56. The van der Waals surface area contributed by atoms with E-state index in [0.717, 1.165) is 57.3 Å². The number of carbonyl (C=O) groups excluding carboxylic acids is 1. The molecule has 5 rings (SSSR count). The number of hydrogen-bond acceptors (Lipinski definition) is 4. The molecule has 1 spiro atoms. The van der Waals surface area contributed by atoms with Crippen molar-refractivity contribution < 1.29 is 19.4 Å². The minimum Gasteiger partial charge on any atom is -0.478 e. The van der Waals surface area contributed by atoms with Crippen LogP contribution in [0.5, 0.6) is 0 Å². The van der Waals surface area contributed by atoms with Crippen molar-refractivity contribution >= 4 is 11.9 Å². The molecule has 1 saturated carbocycles. The number of hydrogen-bond donors (Lipinski definition) is 2. The highest BCUT2D eigenvalue weighted by atomic mass is 16.5. The number of benzene rings is 2. The molecule has 1 atom stereocenters.